The van der Waals surface area contributed by atoms with Crippen molar-refractivity contribution >= 4 is 35.1 Å². The van der Waals surface area contributed by atoms with Crippen molar-refractivity contribution in [2.45, 2.75) is 38.5 Å². The SMILES string of the molecule is COC(=O)C(CO)NC(=O)C(CO)NC(=O)c1csc(-c2cccc(C(=O)OC(C)(C)C)c2)n1. The first-order valence-corrected chi connectivity index (χ1v) is 11.1. The Labute approximate surface area is 200 Å². The van der Waals surface area contributed by atoms with Gasteiger partial charge in [0.05, 0.1) is 25.9 Å². The van der Waals surface area contributed by atoms with Crippen molar-refractivity contribution in [3.05, 3.63) is 40.9 Å². The summed E-state index contributed by atoms with van der Waals surface area (Å²) >= 11 is 1.15. The van der Waals surface area contributed by atoms with Crippen molar-refractivity contribution in [3.8, 4) is 10.6 Å². The van der Waals surface area contributed by atoms with Gasteiger partial charge in [0.15, 0.2) is 6.04 Å². The van der Waals surface area contributed by atoms with Crippen molar-refractivity contribution in [1.29, 1.82) is 0 Å². The number of rotatable bonds is 9. The molecular weight excluding hydrogens is 466 g/mol. The van der Waals surface area contributed by atoms with Crippen LogP contribution >= 0.6 is 11.3 Å². The summed E-state index contributed by atoms with van der Waals surface area (Å²) in [5.41, 5.74) is 0.256. The highest BCUT2D eigenvalue weighted by molar-refractivity contribution is 7.13. The molecule has 34 heavy (non-hydrogen) atoms. The highest BCUT2D eigenvalue weighted by Crippen LogP contribution is 2.25. The van der Waals surface area contributed by atoms with Crippen LogP contribution in [0.1, 0.15) is 41.6 Å². The molecule has 0 radical (unpaired) electrons. The predicted octanol–water partition coefficient (Wildman–Crippen LogP) is 0.506. The minimum absolute atomic E-state index is 0.0133. The Bertz CT molecular complexity index is 1050. The van der Waals surface area contributed by atoms with Gasteiger partial charge in [-0.25, -0.2) is 14.6 Å². The first-order valence-electron chi connectivity index (χ1n) is 10.2. The smallest absolute Gasteiger partial charge is 0.338 e. The van der Waals surface area contributed by atoms with Crippen LogP contribution in [-0.2, 0) is 19.1 Å². The maximum absolute atomic E-state index is 12.6. The van der Waals surface area contributed by atoms with Gasteiger partial charge in [-0.15, -0.1) is 11.3 Å². The zero-order valence-corrected chi connectivity index (χ0v) is 20.0. The highest BCUT2D eigenvalue weighted by Gasteiger charge is 2.27. The minimum atomic E-state index is -1.40. The fourth-order valence-electron chi connectivity index (χ4n) is 2.65. The van der Waals surface area contributed by atoms with Crippen LogP contribution in [0.3, 0.4) is 0 Å². The largest absolute Gasteiger partial charge is 0.467 e. The van der Waals surface area contributed by atoms with Crippen LogP contribution in [0.15, 0.2) is 29.6 Å². The molecule has 2 unspecified atom stereocenters. The predicted molar refractivity (Wildman–Crippen MR) is 122 cm³/mol. The minimum Gasteiger partial charge on any atom is -0.467 e. The van der Waals surface area contributed by atoms with Gasteiger partial charge in [0.25, 0.3) is 5.91 Å². The molecule has 4 N–H and O–H groups in total. The molecule has 1 aromatic heterocycles. The topological polar surface area (TPSA) is 164 Å². The van der Waals surface area contributed by atoms with E-state index in [2.05, 4.69) is 20.4 Å². The molecule has 0 bridgehead atoms. The Hall–Kier alpha value is -3.35. The van der Waals surface area contributed by atoms with E-state index in [1.165, 1.54) is 5.38 Å². The van der Waals surface area contributed by atoms with Gasteiger partial charge in [0, 0.05) is 10.9 Å². The van der Waals surface area contributed by atoms with Crippen molar-refractivity contribution in [2.24, 2.45) is 0 Å². The van der Waals surface area contributed by atoms with Crippen LogP contribution in [0.2, 0.25) is 0 Å². The normalized spacial score (nSPS) is 12.9. The number of thiazole rings is 1. The lowest BCUT2D eigenvalue weighted by atomic mass is 10.1. The van der Waals surface area contributed by atoms with E-state index >= 15 is 0 Å². The summed E-state index contributed by atoms with van der Waals surface area (Å²) in [6.07, 6.45) is 0. The third kappa shape index (κ3) is 7.33. The molecule has 2 aromatic rings. The van der Waals surface area contributed by atoms with Gasteiger partial charge < -0.3 is 30.3 Å². The van der Waals surface area contributed by atoms with E-state index in [1.807, 2.05) is 0 Å². The molecule has 1 heterocycles. The lowest BCUT2D eigenvalue weighted by molar-refractivity contribution is -0.146. The summed E-state index contributed by atoms with van der Waals surface area (Å²) in [5.74, 6) is -3.00. The van der Waals surface area contributed by atoms with Crippen molar-refractivity contribution in [2.75, 3.05) is 20.3 Å². The van der Waals surface area contributed by atoms with Gasteiger partial charge in [-0.05, 0) is 32.9 Å². The summed E-state index contributed by atoms with van der Waals surface area (Å²) < 4.78 is 9.83. The second-order valence-corrected chi connectivity index (χ2v) is 8.95. The molecule has 2 atom stereocenters. The fourth-order valence-corrected chi connectivity index (χ4v) is 3.44. The van der Waals surface area contributed by atoms with Gasteiger partial charge in [0.2, 0.25) is 5.91 Å². The van der Waals surface area contributed by atoms with Crippen LogP contribution in [-0.4, -0.2) is 77.0 Å². The number of ether oxygens (including phenoxy) is 2. The van der Waals surface area contributed by atoms with Crippen LogP contribution in [0.5, 0.6) is 0 Å². The number of carbonyl (C=O) groups excluding carboxylic acids is 4. The van der Waals surface area contributed by atoms with Gasteiger partial charge in [-0.3, -0.25) is 9.59 Å². The molecule has 0 aliphatic heterocycles. The van der Waals surface area contributed by atoms with E-state index in [9.17, 15) is 29.4 Å². The van der Waals surface area contributed by atoms with Crippen molar-refractivity contribution < 1.29 is 38.9 Å². The van der Waals surface area contributed by atoms with Gasteiger partial charge in [-0.1, -0.05) is 12.1 Å². The number of nitrogens with zero attached hydrogens (tertiary/aromatic N) is 1. The number of methoxy groups -OCH3 is 1. The van der Waals surface area contributed by atoms with E-state index in [0.29, 0.717) is 16.1 Å². The molecule has 0 aliphatic carbocycles. The van der Waals surface area contributed by atoms with Crippen LogP contribution < -0.4 is 10.6 Å². The molecule has 1 aromatic carbocycles. The molecule has 0 aliphatic rings. The summed E-state index contributed by atoms with van der Waals surface area (Å²) in [6.45, 7) is 3.81. The summed E-state index contributed by atoms with van der Waals surface area (Å²) in [4.78, 5) is 53.0. The molecular formula is C22H27N3O8S. The van der Waals surface area contributed by atoms with Gasteiger partial charge >= 0.3 is 11.9 Å². The molecule has 184 valence electrons. The summed E-state index contributed by atoms with van der Waals surface area (Å²) in [5, 5.41) is 25.1. The third-order valence-electron chi connectivity index (χ3n) is 4.27. The number of aliphatic hydroxyl groups excluding tert-OH is 2. The summed E-state index contributed by atoms with van der Waals surface area (Å²) in [6, 6.07) is 3.86. The first-order chi connectivity index (χ1) is 16.0. The number of nitrogens with one attached hydrogen (secondary N) is 2. The van der Waals surface area contributed by atoms with E-state index in [4.69, 9.17) is 4.74 Å². The standard InChI is InChI=1S/C22H27N3O8S/c1-22(2,3)33-20(30)13-7-5-6-12(8-13)19-25-16(11-34-19)18(29)23-14(9-26)17(28)24-15(10-27)21(31)32-4/h5-8,11,14-15,26-27H,9-10H2,1-4H3,(H,23,29)(H,24,28). The highest BCUT2D eigenvalue weighted by atomic mass is 32.1. The molecule has 0 fully saturated rings. The van der Waals surface area contributed by atoms with E-state index < -0.39 is 54.7 Å². The lowest BCUT2D eigenvalue weighted by Gasteiger charge is -2.19. The lowest BCUT2D eigenvalue weighted by Crippen LogP contribution is -2.54. The Morgan fingerprint density at radius 1 is 1.09 bits per heavy atom. The molecule has 11 nitrogen and oxygen atoms in total. The zero-order chi connectivity index (χ0) is 25.5. The Balaban J connectivity index is 2.11. The molecule has 2 amide bonds. The van der Waals surface area contributed by atoms with Crippen LogP contribution in [0.4, 0.5) is 0 Å². The monoisotopic (exact) mass is 493 g/mol. The molecule has 0 spiro atoms. The Morgan fingerprint density at radius 2 is 1.76 bits per heavy atom. The average Bonchev–Trinajstić information content (AvgIpc) is 3.29. The number of carbonyl (C=O) groups is 4. The molecule has 12 heteroatoms. The van der Waals surface area contributed by atoms with E-state index in [1.54, 1.807) is 45.0 Å². The fraction of sp³-hybridized carbons (Fsp3) is 0.409. The van der Waals surface area contributed by atoms with E-state index in [-0.39, 0.29) is 5.69 Å². The number of aromatic nitrogens is 1. The number of hydrogen-bond donors (Lipinski definition) is 4. The quantitative estimate of drug-likeness (QED) is 0.364. The second-order valence-electron chi connectivity index (χ2n) is 8.10. The number of amides is 2. The second kappa shape index (κ2) is 11.7. The van der Waals surface area contributed by atoms with Crippen molar-refractivity contribution in [3.63, 3.8) is 0 Å². The van der Waals surface area contributed by atoms with Crippen LogP contribution in [0.25, 0.3) is 10.6 Å². The number of hydrogen-bond acceptors (Lipinski definition) is 10. The zero-order valence-electron chi connectivity index (χ0n) is 19.2. The molecule has 0 saturated carbocycles. The number of esters is 2. The maximum atomic E-state index is 12.6. The number of benzene rings is 1. The summed E-state index contributed by atoms with van der Waals surface area (Å²) in [7, 11) is 1.09. The first kappa shape index (κ1) is 26.9. The molecule has 2 rings (SSSR count). The maximum Gasteiger partial charge on any atom is 0.338 e. The number of aliphatic hydroxyl groups is 2. The molecule has 0 saturated heterocycles. The van der Waals surface area contributed by atoms with E-state index in [0.717, 1.165) is 18.4 Å². The Kier molecular flexibility index (Phi) is 9.24. The average molecular weight is 494 g/mol. The van der Waals surface area contributed by atoms with Crippen LogP contribution in [0, 0.1) is 0 Å². The Morgan fingerprint density at radius 3 is 2.35 bits per heavy atom. The third-order valence-corrected chi connectivity index (χ3v) is 5.16. The van der Waals surface area contributed by atoms with Gasteiger partial charge in [0.1, 0.15) is 22.3 Å². The van der Waals surface area contributed by atoms with Gasteiger partial charge in [-0.2, -0.15) is 0 Å². The van der Waals surface area contributed by atoms with Crippen molar-refractivity contribution in [1.82, 2.24) is 15.6 Å².